The number of aliphatic hydroxyl groups is 2. The molecule has 0 saturated heterocycles. The predicted molar refractivity (Wildman–Crippen MR) is 72.2 cm³/mol. The molecule has 102 valence electrons. The lowest BCUT2D eigenvalue weighted by atomic mass is 10.1. The Bertz CT molecular complexity index is 796. The monoisotopic (exact) mass is 272 g/mol. The van der Waals surface area contributed by atoms with E-state index in [0.29, 0.717) is 5.52 Å². The number of hydrogen-bond acceptors (Lipinski definition) is 4. The number of H-pyrrole nitrogens is 1. The average Bonchev–Trinajstić information content (AvgIpc) is 2.84. The zero-order chi connectivity index (χ0) is 14.3. The van der Waals surface area contributed by atoms with E-state index in [2.05, 4.69) is 9.97 Å². The fraction of sp³-hybridized carbons (Fsp3) is 0.143. The summed E-state index contributed by atoms with van der Waals surface area (Å²) in [6, 6.07) is 9.32. The Labute approximate surface area is 113 Å². The molecule has 0 fully saturated rings. The van der Waals surface area contributed by atoms with Crippen LogP contribution in [0.2, 0.25) is 0 Å². The Balaban J connectivity index is 2.24. The van der Waals surface area contributed by atoms with E-state index in [1.807, 2.05) is 24.3 Å². The molecule has 0 unspecified atom stereocenters. The molecule has 0 bridgehead atoms. The zero-order valence-electron chi connectivity index (χ0n) is 10.3. The van der Waals surface area contributed by atoms with Crippen molar-refractivity contribution in [2.75, 3.05) is 0 Å². The molecule has 2 atom stereocenters. The maximum atomic E-state index is 10.8. The van der Waals surface area contributed by atoms with Gasteiger partial charge in [0.2, 0.25) is 0 Å². The number of pyridine rings is 1. The fourth-order valence-electron chi connectivity index (χ4n) is 2.30. The number of fused-ring (bicyclic) bond motifs is 3. The van der Waals surface area contributed by atoms with Crippen LogP contribution >= 0.6 is 0 Å². The van der Waals surface area contributed by atoms with Crippen LogP contribution in [0.5, 0.6) is 0 Å². The van der Waals surface area contributed by atoms with E-state index in [-0.39, 0.29) is 5.69 Å². The first-order chi connectivity index (χ1) is 9.59. The molecule has 0 aliphatic carbocycles. The molecule has 1 aromatic carbocycles. The summed E-state index contributed by atoms with van der Waals surface area (Å²) < 4.78 is 0. The fourth-order valence-corrected chi connectivity index (χ4v) is 2.30. The van der Waals surface area contributed by atoms with Crippen LogP contribution in [-0.4, -0.2) is 37.4 Å². The molecule has 0 aliphatic heterocycles. The Morgan fingerprint density at radius 3 is 2.65 bits per heavy atom. The van der Waals surface area contributed by atoms with E-state index in [0.717, 1.165) is 16.3 Å². The van der Waals surface area contributed by atoms with Gasteiger partial charge in [0, 0.05) is 22.5 Å². The van der Waals surface area contributed by atoms with Gasteiger partial charge in [0.25, 0.3) is 0 Å². The molecule has 0 amide bonds. The van der Waals surface area contributed by atoms with E-state index in [1.54, 1.807) is 6.07 Å². The Morgan fingerprint density at radius 1 is 1.15 bits per heavy atom. The van der Waals surface area contributed by atoms with Crippen molar-refractivity contribution < 1.29 is 20.1 Å². The number of carbonyl (C=O) groups is 1. The quantitative estimate of drug-likeness (QED) is 0.573. The van der Waals surface area contributed by atoms with Crippen molar-refractivity contribution in [1.82, 2.24) is 9.97 Å². The van der Waals surface area contributed by atoms with Gasteiger partial charge >= 0.3 is 5.97 Å². The summed E-state index contributed by atoms with van der Waals surface area (Å²) in [7, 11) is 0. The van der Waals surface area contributed by atoms with Crippen LogP contribution < -0.4 is 0 Å². The summed E-state index contributed by atoms with van der Waals surface area (Å²) >= 11 is 0. The molecule has 4 N–H and O–H groups in total. The number of nitrogens with zero attached hydrogens (tertiary/aromatic N) is 1. The molecule has 6 nitrogen and oxygen atoms in total. The Hall–Kier alpha value is -2.44. The lowest BCUT2D eigenvalue weighted by molar-refractivity contribution is -0.153. The van der Waals surface area contributed by atoms with E-state index in [1.165, 1.54) is 6.20 Å². The number of rotatable bonds is 3. The first-order valence-electron chi connectivity index (χ1n) is 6.04. The average molecular weight is 272 g/mol. The van der Waals surface area contributed by atoms with Gasteiger partial charge in [0.15, 0.2) is 6.10 Å². The highest BCUT2D eigenvalue weighted by molar-refractivity contribution is 6.07. The van der Waals surface area contributed by atoms with Crippen LogP contribution in [0.3, 0.4) is 0 Å². The van der Waals surface area contributed by atoms with E-state index in [4.69, 9.17) is 5.11 Å². The molecule has 3 rings (SSSR count). The number of aliphatic hydroxyl groups excluding tert-OH is 2. The second-order valence-corrected chi connectivity index (χ2v) is 4.52. The minimum atomic E-state index is -1.92. The van der Waals surface area contributed by atoms with Crippen molar-refractivity contribution in [2.24, 2.45) is 0 Å². The summed E-state index contributed by atoms with van der Waals surface area (Å²) in [4.78, 5) is 17.9. The van der Waals surface area contributed by atoms with Gasteiger partial charge < -0.3 is 20.3 Å². The highest BCUT2D eigenvalue weighted by atomic mass is 16.4. The summed E-state index contributed by atoms with van der Waals surface area (Å²) in [6.07, 6.45) is -2.03. The molecule has 3 aromatic rings. The standard InChI is InChI=1S/C14H12N2O4/c17-12(13(18)14(19)20)11-10-8(5-6-15-11)7-3-1-2-4-9(7)16-10/h1-6,12-13,16-18H,(H,19,20)/t12-,13-/m0/s1. The van der Waals surface area contributed by atoms with Crippen molar-refractivity contribution in [3.63, 3.8) is 0 Å². The van der Waals surface area contributed by atoms with E-state index in [9.17, 15) is 15.0 Å². The molecule has 0 aliphatic rings. The SMILES string of the molecule is O=C(O)[C@@H](O)[C@@H](O)c1nccc2c1[nH]c1ccccc12. The second kappa shape index (κ2) is 4.59. The minimum Gasteiger partial charge on any atom is -0.479 e. The number of benzene rings is 1. The van der Waals surface area contributed by atoms with Gasteiger partial charge in [0.05, 0.1) is 11.2 Å². The van der Waals surface area contributed by atoms with Crippen LogP contribution in [0, 0.1) is 0 Å². The molecule has 2 aromatic heterocycles. The van der Waals surface area contributed by atoms with Crippen LogP contribution in [0.15, 0.2) is 36.5 Å². The van der Waals surface area contributed by atoms with Gasteiger partial charge in [-0.05, 0) is 12.1 Å². The topological polar surface area (TPSA) is 106 Å². The second-order valence-electron chi connectivity index (χ2n) is 4.52. The number of carboxylic acid groups (broad SMARTS) is 1. The largest absolute Gasteiger partial charge is 0.479 e. The normalized spacial score (nSPS) is 14.5. The van der Waals surface area contributed by atoms with Crippen LogP contribution in [0.1, 0.15) is 11.8 Å². The summed E-state index contributed by atoms with van der Waals surface area (Å²) in [5.74, 6) is -1.49. The number of aromatic amines is 1. The number of aliphatic carboxylic acids is 1. The third kappa shape index (κ3) is 1.82. The Morgan fingerprint density at radius 2 is 1.90 bits per heavy atom. The van der Waals surface area contributed by atoms with Crippen LogP contribution in [-0.2, 0) is 4.79 Å². The van der Waals surface area contributed by atoms with Gasteiger partial charge in [-0.1, -0.05) is 18.2 Å². The molecule has 0 radical (unpaired) electrons. The smallest absolute Gasteiger partial charge is 0.335 e. The van der Waals surface area contributed by atoms with E-state index >= 15 is 0 Å². The number of para-hydroxylation sites is 1. The first-order valence-corrected chi connectivity index (χ1v) is 6.04. The van der Waals surface area contributed by atoms with Crippen molar-refractivity contribution >= 4 is 27.8 Å². The number of aromatic nitrogens is 2. The van der Waals surface area contributed by atoms with Crippen LogP contribution in [0.4, 0.5) is 0 Å². The first kappa shape index (κ1) is 12.6. The molecule has 6 heteroatoms. The van der Waals surface area contributed by atoms with Gasteiger partial charge in [-0.2, -0.15) is 0 Å². The Kier molecular flexibility index (Phi) is 2.89. The van der Waals surface area contributed by atoms with Gasteiger partial charge in [-0.25, -0.2) is 4.79 Å². The summed E-state index contributed by atoms with van der Waals surface area (Å²) in [5.41, 5.74) is 1.50. The van der Waals surface area contributed by atoms with Crippen molar-refractivity contribution in [3.05, 3.63) is 42.2 Å². The third-order valence-electron chi connectivity index (χ3n) is 3.29. The molecule has 2 heterocycles. The molecular formula is C14H12N2O4. The van der Waals surface area contributed by atoms with Gasteiger partial charge in [-0.15, -0.1) is 0 Å². The minimum absolute atomic E-state index is 0.119. The van der Waals surface area contributed by atoms with E-state index < -0.39 is 18.2 Å². The van der Waals surface area contributed by atoms with Gasteiger partial charge in [0.1, 0.15) is 6.10 Å². The molecule has 0 saturated carbocycles. The number of carboxylic acids is 1. The number of hydrogen-bond donors (Lipinski definition) is 4. The maximum absolute atomic E-state index is 10.8. The maximum Gasteiger partial charge on any atom is 0.335 e. The summed E-state index contributed by atoms with van der Waals surface area (Å²) in [6.45, 7) is 0. The molecule has 0 spiro atoms. The van der Waals surface area contributed by atoms with Crippen LogP contribution in [0.25, 0.3) is 21.8 Å². The van der Waals surface area contributed by atoms with Crippen molar-refractivity contribution in [2.45, 2.75) is 12.2 Å². The lowest BCUT2D eigenvalue weighted by Crippen LogP contribution is -2.28. The van der Waals surface area contributed by atoms with Crippen molar-refractivity contribution in [3.8, 4) is 0 Å². The highest BCUT2D eigenvalue weighted by Crippen LogP contribution is 2.29. The van der Waals surface area contributed by atoms with Crippen molar-refractivity contribution in [1.29, 1.82) is 0 Å². The molecule has 20 heavy (non-hydrogen) atoms. The summed E-state index contributed by atoms with van der Waals surface area (Å²) in [5, 5.41) is 30.0. The highest BCUT2D eigenvalue weighted by Gasteiger charge is 2.28. The number of nitrogens with one attached hydrogen (secondary N) is 1. The third-order valence-corrected chi connectivity index (χ3v) is 3.29. The predicted octanol–water partition coefficient (Wildman–Crippen LogP) is 1.20. The molecular weight excluding hydrogens is 260 g/mol. The lowest BCUT2D eigenvalue weighted by Gasteiger charge is -2.13. The van der Waals surface area contributed by atoms with Gasteiger partial charge in [-0.3, -0.25) is 4.98 Å². The zero-order valence-corrected chi connectivity index (χ0v) is 10.3.